The summed E-state index contributed by atoms with van der Waals surface area (Å²) in [6, 6.07) is -0.517. The molecule has 20 heavy (non-hydrogen) atoms. The maximum atomic E-state index is 13.4. The Hall–Kier alpha value is -2.25. The molecule has 1 aromatic rings. The molecule has 0 bridgehead atoms. The highest BCUT2D eigenvalue weighted by Crippen LogP contribution is 2.19. The molecule has 0 fully saturated rings. The van der Waals surface area contributed by atoms with Crippen LogP contribution in [0.5, 0.6) is 0 Å². The maximum Gasteiger partial charge on any atom is 0.323 e. The van der Waals surface area contributed by atoms with Gasteiger partial charge in [-0.2, -0.15) is 0 Å². The van der Waals surface area contributed by atoms with Crippen LogP contribution in [0.4, 0.5) is 23.7 Å². The third-order valence-electron chi connectivity index (χ3n) is 2.42. The average Bonchev–Trinajstić information content (AvgIpc) is 2.31. The van der Waals surface area contributed by atoms with Crippen LogP contribution in [-0.2, 0) is 4.79 Å². The summed E-state index contributed by atoms with van der Waals surface area (Å²) in [5.74, 6) is -5.19. The minimum Gasteiger partial charge on any atom is -0.480 e. The predicted molar refractivity (Wildman–Crippen MR) is 64.8 cm³/mol. The van der Waals surface area contributed by atoms with Crippen molar-refractivity contribution in [3.63, 3.8) is 0 Å². The molecule has 0 radical (unpaired) electrons. The number of aliphatic carboxylic acids is 1. The molecule has 8 heteroatoms. The maximum absolute atomic E-state index is 13.4. The highest BCUT2D eigenvalue weighted by molar-refractivity contribution is 5.91. The number of nitrogens with one attached hydrogen (secondary N) is 1. The van der Waals surface area contributed by atoms with Crippen LogP contribution in [0.2, 0.25) is 0 Å². The molecular weight excluding hydrogens is 277 g/mol. The fourth-order valence-corrected chi connectivity index (χ4v) is 1.47. The number of urea groups is 1. The Kier molecular flexibility index (Phi) is 4.95. The Morgan fingerprint density at radius 3 is 2.40 bits per heavy atom. The number of amides is 2. The van der Waals surface area contributed by atoms with E-state index in [0.29, 0.717) is 12.1 Å². The lowest BCUT2D eigenvalue weighted by Crippen LogP contribution is -2.43. The Bertz CT molecular complexity index is 535. The first-order chi connectivity index (χ1) is 9.22. The van der Waals surface area contributed by atoms with Gasteiger partial charge in [-0.3, -0.25) is 4.79 Å². The van der Waals surface area contributed by atoms with Crippen LogP contribution >= 0.6 is 0 Å². The molecule has 2 N–H and O–H groups in total. The van der Waals surface area contributed by atoms with Crippen LogP contribution in [0.1, 0.15) is 13.8 Å². The van der Waals surface area contributed by atoms with E-state index >= 15 is 0 Å². The highest BCUT2D eigenvalue weighted by Gasteiger charge is 2.22. The zero-order chi connectivity index (χ0) is 15.4. The lowest BCUT2D eigenvalue weighted by Gasteiger charge is -2.25. The molecule has 110 valence electrons. The summed E-state index contributed by atoms with van der Waals surface area (Å²) < 4.78 is 39.3. The molecule has 2 amide bonds. The summed E-state index contributed by atoms with van der Waals surface area (Å²) in [5.41, 5.74) is -0.691. The third-order valence-corrected chi connectivity index (χ3v) is 2.42. The van der Waals surface area contributed by atoms with Crippen LogP contribution in [0.15, 0.2) is 12.1 Å². The van der Waals surface area contributed by atoms with Crippen molar-refractivity contribution in [2.45, 2.75) is 19.9 Å². The van der Waals surface area contributed by atoms with Crippen molar-refractivity contribution in [3.8, 4) is 0 Å². The van der Waals surface area contributed by atoms with E-state index in [1.807, 2.05) is 5.32 Å². The van der Waals surface area contributed by atoms with E-state index in [0.717, 1.165) is 4.90 Å². The van der Waals surface area contributed by atoms with E-state index in [-0.39, 0.29) is 0 Å². The van der Waals surface area contributed by atoms with Gasteiger partial charge in [0.2, 0.25) is 0 Å². The van der Waals surface area contributed by atoms with E-state index in [9.17, 15) is 22.8 Å². The van der Waals surface area contributed by atoms with Crippen molar-refractivity contribution < 1.29 is 27.9 Å². The molecule has 0 saturated heterocycles. The second-order valence-electron chi connectivity index (χ2n) is 4.29. The molecule has 0 saturated carbocycles. The Labute approximate surface area is 113 Å². The summed E-state index contributed by atoms with van der Waals surface area (Å²) in [5, 5.41) is 10.6. The second kappa shape index (κ2) is 6.27. The number of hydrogen-bond acceptors (Lipinski definition) is 2. The van der Waals surface area contributed by atoms with Crippen LogP contribution in [0.25, 0.3) is 0 Å². The lowest BCUT2D eigenvalue weighted by molar-refractivity contribution is -0.137. The largest absolute Gasteiger partial charge is 0.480 e. The number of carboxylic acid groups (broad SMARTS) is 1. The Balaban J connectivity index is 2.96. The van der Waals surface area contributed by atoms with Crippen molar-refractivity contribution in [2.75, 3.05) is 11.9 Å². The lowest BCUT2D eigenvalue weighted by atomic mass is 10.2. The summed E-state index contributed by atoms with van der Waals surface area (Å²) in [6.07, 6.45) is 0. The van der Waals surface area contributed by atoms with Crippen molar-refractivity contribution in [2.24, 2.45) is 0 Å². The van der Waals surface area contributed by atoms with Crippen LogP contribution in [0.3, 0.4) is 0 Å². The summed E-state index contributed by atoms with van der Waals surface area (Å²) >= 11 is 0. The van der Waals surface area contributed by atoms with E-state index in [2.05, 4.69) is 0 Å². The fraction of sp³-hybridized carbons (Fsp3) is 0.333. The number of hydrogen-bond donors (Lipinski definition) is 2. The van der Waals surface area contributed by atoms with Gasteiger partial charge in [0.05, 0.1) is 5.69 Å². The topological polar surface area (TPSA) is 69.6 Å². The smallest absolute Gasteiger partial charge is 0.323 e. The molecule has 0 unspecified atom stereocenters. The molecule has 1 rings (SSSR count). The van der Waals surface area contributed by atoms with Crippen molar-refractivity contribution in [1.82, 2.24) is 4.90 Å². The molecule has 0 spiro atoms. The number of carbonyl (C=O) groups excluding carboxylic acids is 1. The van der Waals surface area contributed by atoms with E-state index in [1.54, 1.807) is 13.8 Å². The van der Waals surface area contributed by atoms with Crippen LogP contribution in [-0.4, -0.2) is 34.6 Å². The van der Waals surface area contributed by atoms with Gasteiger partial charge in [0, 0.05) is 18.2 Å². The quantitative estimate of drug-likeness (QED) is 0.837. The van der Waals surface area contributed by atoms with Gasteiger partial charge in [-0.15, -0.1) is 0 Å². The van der Waals surface area contributed by atoms with Gasteiger partial charge in [-0.25, -0.2) is 18.0 Å². The van der Waals surface area contributed by atoms with Crippen molar-refractivity contribution in [1.29, 1.82) is 0 Å². The number of carboxylic acids is 1. The molecule has 1 aromatic carbocycles. The monoisotopic (exact) mass is 290 g/mol. The number of rotatable bonds is 4. The zero-order valence-corrected chi connectivity index (χ0v) is 10.8. The predicted octanol–water partition coefficient (Wildman–Crippen LogP) is 2.43. The van der Waals surface area contributed by atoms with E-state index in [1.165, 1.54) is 0 Å². The number of halogens is 3. The zero-order valence-electron chi connectivity index (χ0n) is 10.8. The second-order valence-corrected chi connectivity index (χ2v) is 4.29. The summed E-state index contributed by atoms with van der Waals surface area (Å²) in [7, 11) is 0. The number of carbonyl (C=O) groups is 2. The van der Waals surface area contributed by atoms with Gasteiger partial charge >= 0.3 is 12.0 Å². The standard InChI is InChI=1S/C12H13F3N2O3/c1-6(2)17(5-10(18)19)12(20)16-9-4-7(13)3-8(14)11(9)15/h3-4,6H,5H2,1-2H3,(H,16,20)(H,18,19). The first-order valence-electron chi connectivity index (χ1n) is 5.66. The minimum atomic E-state index is -1.45. The van der Waals surface area contributed by atoms with Crippen molar-refractivity contribution in [3.05, 3.63) is 29.6 Å². The Morgan fingerprint density at radius 1 is 1.30 bits per heavy atom. The van der Waals surface area contributed by atoms with Crippen molar-refractivity contribution >= 4 is 17.7 Å². The third kappa shape index (κ3) is 3.87. The highest BCUT2D eigenvalue weighted by atomic mass is 19.2. The minimum absolute atomic E-state index is 0.336. The molecule has 0 aromatic heterocycles. The molecule has 0 aliphatic rings. The van der Waals surface area contributed by atoms with Crippen LogP contribution < -0.4 is 5.32 Å². The first-order valence-corrected chi connectivity index (χ1v) is 5.66. The average molecular weight is 290 g/mol. The Morgan fingerprint density at radius 2 is 1.90 bits per heavy atom. The van der Waals surface area contributed by atoms with Gasteiger partial charge in [0.15, 0.2) is 11.6 Å². The molecule has 5 nitrogen and oxygen atoms in total. The molecular formula is C12H13F3N2O3. The normalized spacial score (nSPS) is 10.5. The van der Waals surface area contributed by atoms with E-state index in [4.69, 9.17) is 5.11 Å². The van der Waals surface area contributed by atoms with Gasteiger partial charge in [0.25, 0.3) is 0 Å². The van der Waals surface area contributed by atoms with Gasteiger partial charge in [0.1, 0.15) is 12.4 Å². The molecule has 0 atom stereocenters. The first kappa shape index (κ1) is 15.8. The van der Waals surface area contributed by atoms with Gasteiger partial charge in [-0.1, -0.05) is 0 Å². The number of anilines is 1. The van der Waals surface area contributed by atoms with E-state index < -0.39 is 47.7 Å². The number of benzene rings is 1. The molecule has 0 aliphatic heterocycles. The van der Waals surface area contributed by atoms with Gasteiger partial charge < -0.3 is 15.3 Å². The van der Waals surface area contributed by atoms with Crippen LogP contribution in [0, 0.1) is 17.5 Å². The number of nitrogens with zero attached hydrogens (tertiary/aromatic N) is 1. The SMILES string of the molecule is CC(C)N(CC(=O)O)C(=O)Nc1cc(F)cc(F)c1F. The molecule has 0 aliphatic carbocycles. The van der Waals surface area contributed by atoms with Gasteiger partial charge in [-0.05, 0) is 13.8 Å². The fourth-order valence-electron chi connectivity index (χ4n) is 1.47. The molecule has 0 heterocycles. The summed E-state index contributed by atoms with van der Waals surface area (Å²) in [4.78, 5) is 23.3. The summed E-state index contributed by atoms with van der Waals surface area (Å²) in [6.45, 7) is 2.47.